The number of para-hydroxylation sites is 5. The number of anilines is 5. The summed E-state index contributed by atoms with van der Waals surface area (Å²) in [5.41, 5.74) is 3.03. The van der Waals surface area contributed by atoms with Crippen molar-refractivity contribution in [2.24, 2.45) is 0 Å². The summed E-state index contributed by atoms with van der Waals surface area (Å²) in [5.74, 6) is -0.952. The summed E-state index contributed by atoms with van der Waals surface area (Å²) >= 11 is 0. The first-order chi connectivity index (χ1) is 31.3. The molecule has 0 heterocycles. The molecule has 0 radical (unpaired) electrons. The summed E-state index contributed by atoms with van der Waals surface area (Å²) in [6.07, 6.45) is -10.0. The van der Waals surface area contributed by atoms with Gasteiger partial charge in [-0.2, -0.15) is 26.3 Å². The summed E-state index contributed by atoms with van der Waals surface area (Å²) in [4.78, 5) is 10.4. The number of hydrogen-bond acceptors (Lipinski definition) is 11. The molecule has 0 fully saturated rings. The molecular formula is C48H63B2F6N5O6. The summed E-state index contributed by atoms with van der Waals surface area (Å²) in [6.45, 7) is 0. The van der Waals surface area contributed by atoms with Crippen LogP contribution in [0.2, 0.25) is 0 Å². The molecule has 6 rings (SSSR count). The van der Waals surface area contributed by atoms with Crippen LogP contribution in [0.3, 0.4) is 0 Å². The maximum Gasteiger partial charge on any atom is 0.707 e. The van der Waals surface area contributed by atoms with Crippen LogP contribution in [0.4, 0.5) is 54.8 Å². The maximum atomic E-state index is 12.3. The first-order valence-corrected chi connectivity index (χ1v) is 20.2. The van der Waals surface area contributed by atoms with Gasteiger partial charge in [-0.15, -0.1) is 0 Å². The molecule has 0 aliphatic heterocycles. The fraction of sp³-hybridized carbons (Fsp3) is 0.250. The standard InChI is InChI=1S/C8H5BF6O3.5C8H11N.BH3O3/c10-7(11,12)4-1-5(8(13,14)15)3-6(2-4)18-9(16)17;5*1-9(2)8-6-4-3-5-7-8;2-1(3)4/h1-3,16-17H;5*3-7H,1-2H3;2-4H. The molecule has 6 aromatic rings. The highest BCUT2D eigenvalue weighted by atomic mass is 19.4. The molecule has 11 nitrogen and oxygen atoms in total. The van der Waals surface area contributed by atoms with Crippen molar-refractivity contribution in [1.29, 1.82) is 0 Å². The van der Waals surface area contributed by atoms with Gasteiger partial charge in [0.05, 0.1) is 11.1 Å². The van der Waals surface area contributed by atoms with Crippen molar-refractivity contribution in [2.45, 2.75) is 12.4 Å². The van der Waals surface area contributed by atoms with Crippen molar-refractivity contribution in [3.63, 3.8) is 0 Å². The lowest BCUT2D eigenvalue weighted by molar-refractivity contribution is -0.143. The molecule has 0 saturated heterocycles. The Hall–Kier alpha value is -6.37. The van der Waals surface area contributed by atoms with E-state index < -0.39 is 43.9 Å². The summed E-state index contributed by atoms with van der Waals surface area (Å²) in [5, 5.41) is 38.2. The Morgan fingerprint density at radius 2 is 0.522 bits per heavy atom. The van der Waals surface area contributed by atoms with E-state index in [-0.39, 0.29) is 18.2 Å². The smallest absolute Gasteiger partial charge is 0.512 e. The van der Waals surface area contributed by atoms with Gasteiger partial charge in [0.25, 0.3) is 0 Å². The third kappa shape index (κ3) is 29.7. The number of alkyl halides is 6. The van der Waals surface area contributed by atoms with Crippen LogP contribution in [-0.2, 0) is 12.4 Å². The Balaban J connectivity index is 0.000000786. The van der Waals surface area contributed by atoms with Crippen LogP contribution in [-0.4, -0.2) is 110 Å². The van der Waals surface area contributed by atoms with E-state index in [0.29, 0.717) is 0 Å². The number of benzene rings is 6. The van der Waals surface area contributed by atoms with Crippen LogP contribution in [0.1, 0.15) is 11.1 Å². The van der Waals surface area contributed by atoms with Gasteiger partial charge in [-0.05, 0) is 78.9 Å². The van der Waals surface area contributed by atoms with Gasteiger partial charge in [-0.3, -0.25) is 0 Å². The molecule has 19 heteroatoms. The Bertz CT molecular complexity index is 1820. The zero-order valence-electron chi connectivity index (χ0n) is 39.5. The second-order valence-corrected chi connectivity index (χ2v) is 14.7. The summed E-state index contributed by atoms with van der Waals surface area (Å²) in [6, 6.07) is 51.7. The van der Waals surface area contributed by atoms with Crippen LogP contribution in [0.5, 0.6) is 5.75 Å². The van der Waals surface area contributed by atoms with Crippen molar-refractivity contribution in [1.82, 2.24) is 0 Å². The molecule has 0 saturated carbocycles. The molecule has 0 atom stereocenters. The zero-order chi connectivity index (χ0) is 51.2. The van der Waals surface area contributed by atoms with Crippen LogP contribution in [0.25, 0.3) is 0 Å². The predicted molar refractivity (Wildman–Crippen MR) is 264 cm³/mol. The molecule has 0 bridgehead atoms. The molecule has 0 aliphatic carbocycles. The second kappa shape index (κ2) is 32.3. The van der Waals surface area contributed by atoms with Crippen molar-refractivity contribution in [3.05, 3.63) is 181 Å². The second-order valence-electron chi connectivity index (χ2n) is 14.7. The number of rotatable bonds is 7. The highest BCUT2D eigenvalue weighted by Gasteiger charge is 2.37. The fourth-order valence-corrected chi connectivity index (χ4v) is 4.75. The molecule has 5 N–H and O–H groups in total. The molecule has 6 aromatic carbocycles. The zero-order valence-corrected chi connectivity index (χ0v) is 39.5. The minimum absolute atomic E-state index is 0.101. The van der Waals surface area contributed by atoms with E-state index in [2.05, 4.69) is 89.8 Å². The number of hydrogen-bond donors (Lipinski definition) is 5. The fourth-order valence-electron chi connectivity index (χ4n) is 4.75. The topological polar surface area (TPSA) is 127 Å². The summed E-state index contributed by atoms with van der Waals surface area (Å²) in [7, 11) is 15.7. The Labute approximate surface area is 392 Å². The minimum Gasteiger partial charge on any atom is -0.512 e. The monoisotopic (exact) mass is 941 g/mol. The Morgan fingerprint density at radius 3 is 0.642 bits per heavy atom. The molecule has 67 heavy (non-hydrogen) atoms. The van der Waals surface area contributed by atoms with Gasteiger partial charge >= 0.3 is 27.0 Å². The van der Waals surface area contributed by atoms with Crippen molar-refractivity contribution in [2.75, 3.05) is 95.0 Å². The van der Waals surface area contributed by atoms with Gasteiger partial charge in [0.2, 0.25) is 0 Å². The van der Waals surface area contributed by atoms with Crippen molar-refractivity contribution in [3.8, 4) is 5.75 Å². The van der Waals surface area contributed by atoms with Gasteiger partial charge in [-0.1, -0.05) is 91.0 Å². The highest BCUT2D eigenvalue weighted by Crippen LogP contribution is 2.38. The molecule has 0 amide bonds. The van der Waals surface area contributed by atoms with Crippen molar-refractivity contribution >= 4 is 43.1 Å². The SMILES string of the molecule is CN(C)c1ccccc1.CN(C)c1ccccc1.CN(C)c1ccccc1.CN(C)c1ccccc1.CN(C)c1ccccc1.OB(O)O.OB(O)Oc1cc(C(F)(F)F)cc(C(F)(F)F)c1. The third-order valence-corrected chi connectivity index (χ3v) is 8.17. The lowest BCUT2D eigenvalue weighted by Crippen LogP contribution is -2.21. The van der Waals surface area contributed by atoms with Gasteiger partial charge < -0.3 is 54.3 Å². The van der Waals surface area contributed by atoms with Crippen LogP contribution in [0, 0.1) is 0 Å². The highest BCUT2D eigenvalue weighted by molar-refractivity contribution is 6.33. The van der Waals surface area contributed by atoms with Gasteiger partial charge in [0.15, 0.2) is 0 Å². The van der Waals surface area contributed by atoms with Crippen LogP contribution in [0.15, 0.2) is 170 Å². The van der Waals surface area contributed by atoms with E-state index in [0.717, 1.165) is 0 Å². The van der Waals surface area contributed by atoms with E-state index in [1.165, 1.54) is 28.4 Å². The lowest BCUT2D eigenvalue weighted by atomic mass is 10.1. The van der Waals surface area contributed by atoms with Gasteiger partial charge in [0.1, 0.15) is 5.75 Å². The van der Waals surface area contributed by atoms with Crippen LogP contribution >= 0.6 is 0 Å². The Morgan fingerprint density at radius 1 is 0.343 bits per heavy atom. The molecular weight excluding hydrogens is 878 g/mol. The number of nitrogens with zero attached hydrogens (tertiary/aromatic N) is 5. The maximum absolute atomic E-state index is 12.3. The Kier molecular flexibility index (Phi) is 29.3. The van der Waals surface area contributed by atoms with E-state index in [1.54, 1.807) is 0 Å². The van der Waals surface area contributed by atoms with Gasteiger partial charge in [-0.25, -0.2) is 0 Å². The van der Waals surface area contributed by atoms with Crippen molar-refractivity contribution < 1.29 is 56.1 Å². The molecule has 0 unspecified atom stereocenters. The third-order valence-electron chi connectivity index (χ3n) is 8.17. The first kappa shape index (κ1) is 60.6. The molecule has 364 valence electrons. The largest absolute Gasteiger partial charge is 0.707 e. The number of halogens is 6. The lowest BCUT2D eigenvalue weighted by Gasteiger charge is -2.14. The van der Waals surface area contributed by atoms with E-state index >= 15 is 0 Å². The normalized spacial score (nSPS) is 9.87. The van der Waals surface area contributed by atoms with Crippen LogP contribution < -0.4 is 29.2 Å². The predicted octanol–water partition coefficient (Wildman–Crippen LogP) is 8.78. The van der Waals surface area contributed by atoms with E-state index in [4.69, 9.17) is 25.1 Å². The minimum atomic E-state index is -5.01. The molecule has 0 aliphatic rings. The molecule has 0 aromatic heterocycles. The van der Waals surface area contributed by atoms with E-state index in [9.17, 15) is 26.3 Å². The quantitative estimate of drug-likeness (QED) is 0.0780. The average molecular weight is 942 g/mol. The first-order valence-electron chi connectivity index (χ1n) is 20.2. The van der Waals surface area contributed by atoms with E-state index in [1.807, 2.05) is 161 Å². The summed E-state index contributed by atoms with van der Waals surface area (Å²) < 4.78 is 78.0. The van der Waals surface area contributed by atoms with Gasteiger partial charge in [0, 0.05) is 98.9 Å². The molecule has 0 spiro atoms. The average Bonchev–Trinajstić information content (AvgIpc) is 3.28.